The summed E-state index contributed by atoms with van der Waals surface area (Å²) in [6.45, 7) is 10.4. The molecule has 0 bridgehead atoms. The Balaban J connectivity index is 2.05. The van der Waals surface area contributed by atoms with Crippen molar-refractivity contribution < 1.29 is 28.7 Å². The molecule has 9 nitrogen and oxygen atoms in total. The van der Waals surface area contributed by atoms with Crippen LogP contribution in [0.25, 0.3) is 0 Å². The van der Waals surface area contributed by atoms with E-state index in [4.69, 9.17) is 9.47 Å². The zero-order valence-corrected chi connectivity index (χ0v) is 21.6. The molecule has 0 aromatic heterocycles. The quantitative estimate of drug-likeness (QED) is 0.433. The van der Waals surface area contributed by atoms with E-state index in [9.17, 15) is 19.2 Å². The number of rotatable bonds is 9. The minimum absolute atomic E-state index is 0.0690. The van der Waals surface area contributed by atoms with Gasteiger partial charge in [0, 0.05) is 5.56 Å². The predicted molar refractivity (Wildman–Crippen MR) is 137 cm³/mol. The van der Waals surface area contributed by atoms with Crippen molar-refractivity contribution in [1.82, 2.24) is 10.6 Å². The smallest absolute Gasteiger partial charge is 0.408 e. The highest BCUT2D eigenvalue weighted by atomic mass is 16.6. The number of carbonyl (C=O) groups is 4. The number of para-hydroxylation sites is 1. The number of anilines is 1. The van der Waals surface area contributed by atoms with Gasteiger partial charge in [-0.05, 0) is 51.3 Å². The Labute approximate surface area is 211 Å². The van der Waals surface area contributed by atoms with Gasteiger partial charge in [-0.25, -0.2) is 9.59 Å². The lowest BCUT2D eigenvalue weighted by atomic mass is 9.94. The van der Waals surface area contributed by atoms with E-state index >= 15 is 0 Å². The van der Waals surface area contributed by atoms with Crippen molar-refractivity contribution >= 4 is 29.6 Å². The maximum Gasteiger partial charge on any atom is 0.408 e. The molecule has 9 heteroatoms. The third-order valence-electron chi connectivity index (χ3n) is 5.01. The lowest BCUT2D eigenvalue weighted by Gasteiger charge is -2.25. The van der Waals surface area contributed by atoms with Crippen molar-refractivity contribution in [2.75, 3.05) is 5.32 Å². The molecular weight excluding hydrogens is 462 g/mol. The molecule has 194 valence electrons. The maximum atomic E-state index is 13.3. The van der Waals surface area contributed by atoms with E-state index < -0.39 is 35.8 Å². The number of carbonyl (C=O) groups excluding carboxylic acids is 4. The van der Waals surface area contributed by atoms with E-state index in [-0.39, 0.29) is 29.6 Å². The normalized spacial score (nSPS) is 12.8. The van der Waals surface area contributed by atoms with Crippen molar-refractivity contribution in [1.29, 1.82) is 0 Å². The van der Waals surface area contributed by atoms with Crippen LogP contribution in [0, 0.1) is 5.92 Å². The van der Waals surface area contributed by atoms with Crippen LogP contribution >= 0.6 is 0 Å². The first-order valence-electron chi connectivity index (χ1n) is 11.8. The number of alkyl carbamates (subject to hydrolysis) is 2. The van der Waals surface area contributed by atoms with E-state index in [1.165, 1.54) is 6.92 Å². The highest BCUT2D eigenvalue weighted by molar-refractivity contribution is 6.09. The Kier molecular flexibility index (Phi) is 10.0. The summed E-state index contributed by atoms with van der Waals surface area (Å²) in [7, 11) is 0. The van der Waals surface area contributed by atoms with Gasteiger partial charge in [0.15, 0.2) is 5.78 Å². The van der Waals surface area contributed by atoms with Crippen LogP contribution in [-0.4, -0.2) is 41.6 Å². The highest BCUT2D eigenvalue weighted by Crippen LogP contribution is 2.20. The molecule has 0 fully saturated rings. The monoisotopic (exact) mass is 497 g/mol. The lowest BCUT2D eigenvalue weighted by molar-refractivity contribution is -0.117. The van der Waals surface area contributed by atoms with Crippen molar-refractivity contribution in [2.45, 2.75) is 65.8 Å². The first kappa shape index (κ1) is 28.4. The molecular formula is C27H35N3O6. The maximum absolute atomic E-state index is 13.3. The third kappa shape index (κ3) is 9.05. The molecule has 2 rings (SSSR count). The second kappa shape index (κ2) is 12.7. The summed E-state index contributed by atoms with van der Waals surface area (Å²) in [5.41, 5.74) is 0.582. The molecule has 3 N–H and O–H groups in total. The molecule has 36 heavy (non-hydrogen) atoms. The standard InChI is InChI=1S/C27H35N3O6/c1-17(2)22(30-26(34)36-27(4,5)6)23(31)20-14-10-11-15-21(20)29-24(32)18(3)28-25(33)35-16-19-12-8-7-9-13-19/h7-15,17-18,22H,16H2,1-6H3,(H,28,33)(H,29,32)(H,30,34)/t18-,22-/m0/s1. The number of ketones is 1. The van der Waals surface area contributed by atoms with Gasteiger partial charge >= 0.3 is 12.2 Å². The molecule has 0 unspecified atom stereocenters. The lowest BCUT2D eigenvalue weighted by Crippen LogP contribution is -2.46. The van der Waals surface area contributed by atoms with Gasteiger partial charge in [0.05, 0.1) is 11.7 Å². The minimum atomic E-state index is -0.933. The van der Waals surface area contributed by atoms with Gasteiger partial charge in [0.25, 0.3) is 0 Å². The number of benzene rings is 2. The molecule has 0 aliphatic rings. The number of Topliss-reactive ketones (excluding diaryl/α,β-unsaturated/α-hetero) is 1. The summed E-state index contributed by atoms with van der Waals surface area (Å²) in [4.78, 5) is 50.5. The topological polar surface area (TPSA) is 123 Å². The second-order valence-electron chi connectivity index (χ2n) is 9.69. The van der Waals surface area contributed by atoms with Gasteiger partial charge in [0.1, 0.15) is 18.2 Å². The first-order chi connectivity index (χ1) is 16.9. The zero-order valence-electron chi connectivity index (χ0n) is 21.6. The predicted octanol–water partition coefficient (Wildman–Crippen LogP) is 4.67. The molecule has 0 aliphatic carbocycles. The fourth-order valence-corrected chi connectivity index (χ4v) is 3.19. The van der Waals surface area contributed by atoms with Crippen LogP contribution in [0.3, 0.4) is 0 Å². The summed E-state index contributed by atoms with van der Waals surface area (Å²) >= 11 is 0. The second-order valence-corrected chi connectivity index (χ2v) is 9.69. The van der Waals surface area contributed by atoms with E-state index in [0.29, 0.717) is 0 Å². The van der Waals surface area contributed by atoms with Crippen molar-refractivity contribution in [3.05, 3.63) is 65.7 Å². The van der Waals surface area contributed by atoms with Gasteiger partial charge in [-0.1, -0.05) is 56.3 Å². The van der Waals surface area contributed by atoms with Crippen LogP contribution in [-0.2, 0) is 20.9 Å². The number of hydrogen-bond acceptors (Lipinski definition) is 6. The molecule has 2 atom stereocenters. The van der Waals surface area contributed by atoms with Gasteiger partial charge < -0.3 is 25.4 Å². The molecule has 2 aromatic rings. The van der Waals surface area contributed by atoms with Gasteiger partial charge in [-0.3, -0.25) is 9.59 Å². The molecule has 0 spiro atoms. The minimum Gasteiger partial charge on any atom is -0.445 e. The van der Waals surface area contributed by atoms with Gasteiger partial charge in [0.2, 0.25) is 5.91 Å². The average molecular weight is 498 g/mol. The van der Waals surface area contributed by atoms with Crippen molar-refractivity contribution in [2.24, 2.45) is 5.92 Å². The number of nitrogens with one attached hydrogen (secondary N) is 3. The van der Waals surface area contributed by atoms with Crippen molar-refractivity contribution in [3.8, 4) is 0 Å². The fraction of sp³-hybridized carbons (Fsp3) is 0.407. The molecule has 0 heterocycles. The van der Waals surface area contributed by atoms with Gasteiger partial charge in [-0.2, -0.15) is 0 Å². The summed E-state index contributed by atoms with van der Waals surface area (Å²) in [5.74, 6) is -1.16. The molecule has 3 amide bonds. The Morgan fingerprint density at radius 1 is 0.833 bits per heavy atom. The Bertz CT molecular complexity index is 1060. The SMILES string of the molecule is CC(C)[C@H](NC(=O)OC(C)(C)C)C(=O)c1ccccc1NC(=O)[C@H](C)NC(=O)OCc1ccccc1. The number of amides is 3. The van der Waals surface area contributed by atoms with E-state index in [0.717, 1.165) is 5.56 Å². The first-order valence-corrected chi connectivity index (χ1v) is 11.8. The number of ether oxygens (including phenoxy) is 2. The molecule has 0 aliphatic heterocycles. The van der Waals surface area contributed by atoms with E-state index in [1.54, 1.807) is 58.9 Å². The largest absolute Gasteiger partial charge is 0.445 e. The average Bonchev–Trinajstić information content (AvgIpc) is 2.80. The van der Waals surface area contributed by atoms with Crippen molar-refractivity contribution in [3.63, 3.8) is 0 Å². The summed E-state index contributed by atoms with van der Waals surface area (Å²) in [6, 6.07) is 13.8. The van der Waals surface area contributed by atoms with Crippen LogP contribution in [0.2, 0.25) is 0 Å². The molecule has 0 saturated heterocycles. The van der Waals surface area contributed by atoms with Crippen LogP contribution in [0.1, 0.15) is 57.5 Å². The van der Waals surface area contributed by atoms with E-state index in [1.807, 2.05) is 30.3 Å². The third-order valence-corrected chi connectivity index (χ3v) is 5.01. The fourth-order valence-electron chi connectivity index (χ4n) is 3.19. The number of hydrogen-bond donors (Lipinski definition) is 3. The van der Waals surface area contributed by atoms with E-state index in [2.05, 4.69) is 16.0 Å². The molecule has 0 radical (unpaired) electrons. The highest BCUT2D eigenvalue weighted by Gasteiger charge is 2.29. The Hall–Kier alpha value is -3.88. The zero-order chi connectivity index (χ0) is 26.9. The summed E-state index contributed by atoms with van der Waals surface area (Å²) in [6.07, 6.45) is -1.45. The summed E-state index contributed by atoms with van der Waals surface area (Å²) < 4.78 is 10.4. The van der Waals surface area contributed by atoms with Crippen LogP contribution in [0.5, 0.6) is 0 Å². The molecule has 2 aromatic carbocycles. The van der Waals surface area contributed by atoms with Gasteiger partial charge in [-0.15, -0.1) is 0 Å². The van der Waals surface area contributed by atoms with Crippen LogP contribution in [0.4, 0.5) is 15.3 Å². The summed E-state index contributed by atoms with van der Waals surface area (Å²) in [5, 5.41) is 7.79. The molecule has 0 saturated carbocycles. The Morgan fingerprint density at radius 3 is 2.06 bits per heavy atom. The van der Waals surface area contributed by atoms with Crippen LogP contribution in [0.15, 0.2) is 54.6 Å². The Morgan fingerprint density at radius 2 is 1.44 bits per heavy atom. The van der Waals surface area contributed by atoms with Crippen LogP contribution < -0.4 is 16.0 Å².